The Kier molecular flexibility index (Phi) is 7.19. The second-order valence-electron chi connectivity index (χ2n) is 7.08. The topological polar surface area (TPSA) is 64.5 Å². The predicted molar refractivity (Wildman–Crippen MR) is 112 cm³/mol. The first kappa shape index (κ1) is 20.8. The highest BCUT2D eigenvalue weighted by atomic mass is 16.5. The summed E-state index contributed by atoms with van der Waals surface area (Å²) < 4.78 is 15.8. The van der Waals surface area contributed by atoms with Crippen molar-refractivity contribution in [3.8, 4) is 17.2 Å². The normalized spacial score (nSPS) is 14.4. The van der Waals surface area contributed by atoms with Crippen LogP contribution in [-0.4, -0.2) is 60.0 Å². The molecule has 0 aliphatic carbocycles. The molecule has 2 aromatic carbocycles. The van der Waals surface area contributed by atoms with E-state index in [-0.39, 0.29) is 5.91 Å². The van der Waals surface area contributed by atoms with Crippen molar-refractivity contribution < 1.29 is 23.9 Å². The molecule has 0 atom stereocenters. The van der Waals surface area contributed by atoms with Gasteiger partial charge in [0.15, 0.2) is 18.0 Å². The molecule has 0 spiro atoms. The molecule has 1 saturated heterocycles. The lowest BCUT2D eigenvalue weighted by Gasteiger charge is -2.33. The third-order valence-electron chi connectivity index (χ3n) is 5.26. The number of carbonyl (C=O) groups excluding carboxylic acids is 1. The van der Waals surface area contributed by atoms with Crippen LogP contribution in [0.1, 0.15) is 5.56 Å². The van der Waals surface area contributed by atoms with Crippen molar-refractivity contribution in [2.24, 2.45) is 0 Å². The predicted octanol–water partition coefficient (Wildman–Crippen LogP) is 0.734. The van der Waals surface area contributed by atoms with Gasteiger partial charge in [0.2, 0.25) is 0 Å². The van der Waals surface area contributed by atoms with Crippen LogP contribution in [0.2, 0.25) is 0 Å². The summed E-state index contributed by atoms with van der Waals surface area (Å²) in [5, 5.41) is 3.01. The highest BCUT2D eigenvalue weighted by Crippen LogP contribution is 2.27. The maximum Gasteiger partial charge on any atom is 0.275 e. The van der Waals surface area contributed by atoms with Gasteiger partial charge in [-0.15, -0.1) is 0 Å². The number of methoxy groups -OCH3 is 3. The second kappa shape index (κ2) is 10.0. The maximum atomic E-state index is 12.4. The standard InChI is InChI=1S/C22H29N3O4/c1-27-19-7-5-18(6-8-19)25-12-10-24(11-13-25)16-22(26)23-15-17-4-9-20(28-2)21(14-17)29-3/h4-9,14H,10-13,15-16H2,1-3H3,(H,23,26)/p+1. The van der Waals surface area contributed by atoms with E-state index in [0.717, 1.165) is 37.5 Å². The van der Waals surface area contributed by atoms with Crippen molar-refractivity contribution in [1.82, 2.24) is 5.32 Å². The Morgan fingerprint density at radius 1 is 0.966 bits per heavy atom. The molecule has 0 saturated carbocycles. The molecule has 7 nitrogen and oxygen atoms in total. The zero-order valence-corrected chi connectivity index (χ0v) is 17.4. The molecular formula is C22H30N3O4+. The van der Waals surface area contributed by atoms with Crippen LogP contribution in [0.15, 0.2) is 42.5 Å². The Bertz CT molecular complexity index is 802. The van der Waals surface area contributed by atoms with Crippen molar-refractivity contribution in [1.29, 1.82) is 0 Å². The smallest absolute Gasteiger partial charge is 0.275 e. The minimum absolute atomic E-state index is 0.0627. The summed E-state index contributed by atoms with van der Waals surface area (Å²) in [5.74, 6) is 2.28. The van der Waals surface area contributed by atoms with Crippen LogP contribution in [-0.2, 0) is 11.3 Å². The zero-order valence-electron chi connectivity index (χ0n) is 17.4. The van der Waals surface area contributed by atoms with E-state index in [1.165, 1.54) is 10.6 Å². The van der Waals surface area contributed by atoms with Crippen molar-refractivity contribution in [2.45, 2.75) is 6.54 Å². The van der Waals surface area contributed by atoms with E-state index < -0.39 is 0 Å². The molecular weight excluding hydrogens is 370 g/mol. The van der Waals surface area contributed by atoms with Gasteiger partial charge < -0.3 is 29.3 Å². The number of nitrogens with zero attached hydrogens (tertiary/aromatic N) is 1. The molecule has 3 rings (SSSR count). The number of hydrogen-bond acceptors (Lipinski definition) is 5. The largest absolute Gasteiger partial charge is 0.497 e. The zero-order chi connectivity index (χ0) is 20.6. The van der Waals surface area contributed by atoms with Crippen molar-refractivity contribution in [2.75, 3.05) is 59.0 Å². The van der Waals surface area contributed by atoms with E-state index in [4.69, 9.17) is 14.2 Å². The number of hydrogen-bond donors (Lipinski definition) is 2. The number of quaternary nitrogens is 1. The third kappa shape index (κ3) is 5.54. The van der Waals surface area contributed by atoms with E-state index in [9.17, 15) is 4.79 Å². The van der Waals surface area contributed by atoms with Crippen LogP contribution in [0.25, 0.3) is 0 Å². The van der Waals surface area contributed by atoms with Gasteiger partial charge in [-0.3, -0.25) is 4.79 Å². The van der Waals surface area contributed by atoms with Crippen LogP contribution in [0, 0.1) is 0 Å². The molecule has 1 heterocycles. The van der Waals surface area contributed by atoms with E-state index in [1.807, 2.05) is 30.3 Å². The highest BCUT2D eigenvalue weighted by molar-refractivity contribution is 5.76. The van der Waals surface area contributed by atoms with E-state index in [1.54, 1.807) is 21.3 Å². The Hall–Kier alpha value is -2.93. The molecule has 29 heavy (non-hydrogen) atoms. The monoisotopic (exact) mass is 400 g/mol. The number of piperazine rings is 1. The number of amides is 1. The Morgan fingerprint density at radius 3 is 2.28 bits per heavy atom. The fourth-order valence-corrected chi connectivity index (χ4v) is 3.53. The molecule has 1 aliphatic rings. The molecule has 0 radical (unpaired) electrons. The van der Waals surface area contributed by atoms with Gasteiger partial charge in [-0.1, -0.05) is 6.07 Å². The molecule has 7 heteroatoms. The summed E-state index contributed by atoms with van der Waals surface area (Å²) >= 11 is 0. The van der Waals surface area contributed by atoms with Gasteiger partial charge in [0, 0.05) is 12.2 Å². The maximum absolute atomic E-state index is 12.4. The number of anilines is 1. The molecule has 156 valence electrons. The minimum atomic E-state index is 0.0627. The van der Waals surface area contributed by atoms with Crippen LogP contribution in [0.5, 0.6) is 17.2 Å². The number of rotatable bonds is 8. The molecule has 0 aromatic heterocycles. The van der Waals surface area contributed by atoms with Crippen LogP contribution < -0.4 is 29.3 Å². The number of benzene rings is 2. The van der Waals surface area contributed by atoms with E-state index >= 15 is 0 Å². The summed E-state index contributed by atoms with van der Waals surface area (Å²) in [5.41, 5.74) is 2.18. The third-order valence-corrected chi connectivity index (χ3v) is 5.26. The van der Waals surface area contributed by atoms with Gasteiger partial charge in [-0.2, -0.15) is 0 Å². The number of carbonyl (C=O) groups is 1. The minimum Gasteiger partial charge on any atom is -0.497 e. The fourth-order valence-electron chi connectivity index (χ4n) is 3.53. The van der Waals surface area contributed by atoms with Gasteiger partial charge in [0.05, 0.1) is 47.5 Å². The molecule has 2 aromatic rings. The number of ether oxygens (including phenoxy) is 3. The van der Waals surface area contributed by atoms with Gasteiger partial charge in [0.1, 0.15) is 5.75 Å². The summed E-state index contributed by atoms with van der Waals surface area (Å²) in [6.45, 7) is 4.72. The first-order valence-corrected chi connectivity index (χ1v) is 9.83. The molecule has 1 aliphatic heterocycles. The Labute approximate surface area is 172 Å². The molecule has 0 unspecified atom stereocenters. The lowest BCUT2D eigenvalue weighted by molar-refractivity contribution is -0.892. The lowest BCUT2D eigenvalue weighted by Crippen LogP contribution is -3.15. The second-order valence-corrected chi connectivity index (χ2v) is 7.08. The van der Waals surface area contributed by atoms with Gasteiger partial charge in [-0.05, 0) is 42.0 Å². The van der Waals surface area contributed by atoms with Gasteiger partial charge in [-0.25, -0.2) is 0 Å². The Morgan fingerprint density at radius 2 is 1.66 bits per heavy atom. The van der Waals surface area contributed by atoms with Crippen molar-refractivity contribution >= 4 is 11.6 Å². The summed E-state index contributed by atoms with van der Waals surface area (Å²) in [6, 6.07) is 13.8. The van der Waals surface area contributed by atoms with E-state index in [2.05, 4.69) is 22.3 Å². The average Bonchev–Trinajstić information content (AvgIpc) is 2.78. The highest BCUT2D eigenvalue weighted by Gasteiger charge is 2.22. The summed E-state index contributed by atoms with van der Waals surface area (Å²) in [7, 11) is 4.89. The van der Waals surface area contributed by atoms with Crippen LogP contribution in [0.3, 0.4) is 0 Å². The molecule has 1 amide bonds. The lowest BCUT2D eigenvalue weighted by atomic mass is 10.2. The molecule has 1 fully saturated rings. The van der Waals surface area contributed by atoms with E-state index in [0.29, 0.717) is 24.6 Å². The molecule has 2 N–H and O–H groups in total. The first-order chi connectivity index (χ1) is 14.1. The van der Waals surface area contributed by atoms with Crippen molar-refractivity contribution in [3.05, 3.63) is 48.0 Å². The van der Waals surface area contributed by atoms with Gasteiger partial charge >= 0.3 is 0 Å². The summed E-state index contributed by atoms with van der Waals surface area (Å²) in [4.78, 5) is 16.0. The average molecular weight is 400 g/mol. The quantitative estimate of drug-likeness (QED) is 0.684. The Balaban J connectivity index is 1.43. The molecule has 0 bridgehead atoms. The SMILES string of the molecule is COc1ccc(N2CC[NH+](CC(=O)NCc3ccc(OC)c(OC)c3)CC2)cc1. The first-order valence-electron chi connectivity index (χ1n) is 9.83. The fraction of sp³-hybridized carbons (Fsp3) is 0.409. The van der Waals surface area contributed by atoms with Crippen LogP contribution in [0.4, 0.5) is 5.69 Å². The van der Waals surface area contributed by atoms with Gasteiger partial charge in [0.25, 0.3) is 5.91 Å². The van der Waals surface area contributed by atoms with Crippen LogP contribution >= 0.6 is 0 Å². The summed E-state index contributed by atoms with van der Waals surface area (Å²) in [6.07, 6.45) is 0. The number of nitrogens with one attached hydrogen (secondary N) is 2. The van der Waals surface area contributed by atoms with Crippen molar-refractivity contribution in [3.63, 3.8) is 0 Å².